The molecule has 2 aromatic rings. The molecule has 18 heavy (non-hydrogen) atoms. The third-order valence-corrected chi connectivity index (χ3v) is 4.14. The topological polar surface area (TPSA) is 52.1 Å². The van der Waals surface area contributed by atoms with Gasteiger partial charge < -0.3 is 8.94 Å². The Labute approximate surface area is 105 Å². The average Bonchev–Trinajstić information content (AvgIpc) is 3.12. The second kappa shape index (κ2) is 3.57. The van der Waals surface area contributed by atoms with Crippen LogP contribution >= 0.6 is 0 Å². The Morgan fingerprint density at radius 3 is 2.89 bits per heavy atom. The van der Waals surface area contributed by atoms with Gasteiger partial charge >= 0.3 is 0 Å². The van der Waals surface area contributed by atoms with Crippen LogP contribution in [0, 0.1) is 18.8 Å². The van der Waals surface area contributed by atoms with Crippen molar-refractivity contribution in [3.63, 3.8) is 0 Å². The number of furan rings is 1. The largest absolute Gasteiger partial charge is 0.469 e. The summed E-state index contributed by atoms with van der Waals surface area (Å²) in [7, 11) is 0. The van der Waals surface area contributed by atoms with Gasteiger partial charge in [-0.15, -0.1) is 0 Å². The van der Waals surface area contributed by atoms with Gasteiger partial charge in [-0.25, -0.2) is 0 Å². The first-order chi connectivity index (χ1) is 8.81. The van der Waals surface area contributed by atoms with Crippen LogP contribution in [0.3, 0.4) is 0 Å². The maximum atomic E-state index is 5.44. The van der Waals surface area contributed by atoms with Crippen molar-refractivity contribution in [1.82, 2.24) is 10.1 Å². The second-order valence-corrected chi connectivity index (χ2v) is 5.23. The van der Waals surface area contributed by atoms with Crippen LogP contribution < -0.4 is 0 Å². The fraction of sp³-hybridized carbons (Fsp3) is 0.429. The summed E-state index contributed by atoms with van der Waals surface area (Å²) in [5.74, 6) is 3.97. The number of aromatic nitrogens is 2. The average molecular weight is 242 g/mol. The molecule has 3 atom stereocenters. The molecule has 2 bridgehead atoms. The van der Waals surface area contributed by atoms with E-state index in [9.17, 15) is 0 Å². The van der Waals surface area contributed by atoms with Crippen LogP contribution in [0.1, 0.15) is 30.4 Å². The summed E-state index contributed by atoms with van der Waals surface area (Å²) >= 11 is 0. The number of hydrogen-bond acceptors (Lipinski definition) is 4. The zero-order chi connectivity index (χ0) is 12.1. The van der Waals surface area contributed by atoms with Gasteiger partial charge in [-0.2, -0.15) is 4.98 Å². The molecular formula is C14H14N2O2. The van der Waals surface area contributed by atoms with E-state index in [0.717, 1.165) is 23.6 Å². The Kier molecular flexibility index (Phi) is 2.01. The Bertz CT molecular complexity index is 611. The summed E-state index contributed by atoms with van der Waals surface area (Å²) in [6.45, 7) is 1.91. The molecule has 4 heteroatoms. The molecule has 3 unspecified atom stereocenters. The van der Waals surface area contributed by atoms with Crippen molar-refractivity contribution in [2.24, 2.45) is 11.8 Å². The molecule has 2 aromatic heterocycles. The predicted molar refractivity (Wildman–Crippen MR) is 64.8 cm³/mol. The van der Waals surface area contributed by atoms with E-state index in [-0.39, 0.29) is 0 Å². The van der Waals surface area contributed by atoms with Gasteiger partial charge in [0, 0.05) is 5.92 Å². The molecular weight excluding hydrogens is 228 g/mol. The van der Waals surface area contributed by atoms with E-state index in [0.29, 0.717) is 23.6 Å². The predicted octanol–water partition coefficient (Wildman–Crippen LogP) is 3.32. The molecule has 4 rings (SSSR count). The number of aryl methyl sites for hydroxylation is 1. The van der Waals surface area contributed by atoms with E-state index in [1.165, 1.54) is 6.42 Å². The maximum Gasteiger partial charge on any atom is 0.230 e. The molecule has 2 heterocycles. The van der Waals surface area contributed by atoms with Crippen molar-refractivity contribution in [1.29, 1.82) is 0 Å². The van der Waals surface area contributed by atoms with Crippen LogP contribution in [0.2, 0.25) is 0 Å². The van der Waals surface area contributed by atoms with Crippen molar-refractivity contribution in [2.45, 2.75) is 25.7 Å². The lowest BCUT2D eigenvalue weighted by atomic mass is 9.94. The van der Waals surface area contributed by atoms with Gasteiger partial charge in [0.25, 0.3) is 0 Å². The Hall–Kier alpha value is -1.84. The van der Waals surface area contributed by atoms with Crippen LogP contribution in [0.5, 0.6) is 0 Å². The monoisotopic (exact) mass is 242 g/mol. The Morgan fingerprint density at radius 1 is 1.28 bits per heavy atom. The minimum absolute atomic E-state index is 0.411. The van der Waals surface area contributed by atoms with E-state index in [1.54, 1.807) is 6.26 Å². The smallest absolute Gasteiger partial charge is 0.230 e. The lowest BCUT2D eigenvalue weighted by Crippen LogP contribution is -2.05. The highest BCUT2D eigenvalue weighted by molar-refractivity contribution is 5.56. The quantitative estimate of drug-likeness (QED) is 0.758. The van der Waals surface area contributed by atoms with Gasteiger partial charge in [0.2, 0.25) is 11.7 Å². The summed E-state index contributed by atoms with van der Waals surface area (Å²) in [6.07, 6.45) is 8.66. The molecule has 92 valence electrons. The van der Waals surface area contributed by atoms with Crippen molar-refractivity contribution >= 4 is 0 Å². The first kappa shape index (κ1) is 10.1. The SMILES string of the molecule is Cc1occc1-c1noc(C2CC3C=CC2C3)n1. The molecule has 1 saturated carbocycles. The molecule has 0 aromatic carbocycles. The van der Waals surface area contributed by atoms with Gasteiger partial charge in [-0.05, 0) is 37.7 Å². The number of nitrogens with zero attached hydrogens (tertiary/aromatic N) is 2. The highest BCUT2D eigenvalue weighted by Gasteiger charge is 2.39. The molecule has 0 aliphatic heterocycles. The summed E-state index contributed by atoms with van der Waals surface area (Å²) in [5, 5.41) is 4.08. The molecule has 2 aliphatic rings. The highest BCUT2D eigenvalue weighted by Crippen LogP contribution is 2.48. The van der Waals surface area contributed by atoms with Crippen LogP contribution in [0.4, 0.5) is 0 Å². The first-order valence-corrected chi connectivity index (χ1v) is 6.37. The Balaban J connectivity index is 1.67. The van der Waals surface area contributed by atoms with E-state index >= 15 is 0 Å². The zero-order valence-electron chi connectivity index (χ0n) is 10.2. The first-order valence-electron chi connectivity index (χ1n) is 6.37. The van der Waals surface area contributed by atoms with Gasteiger partial charge in [-0.1, -0.05) is 17.3 Å². The van der Waals surface area contributed by atoms with Crippen molar-refractivity contribution in [3.05, 3.63) is 36.1 Å². The fourth-order valence-corrected chi connectivity index (χ4v) is 3.18. The lowest BCUT2D eigenvalue weighted by molar-refractivity contribution is 0.337. The molecule has 0 amide bonds. The van der Waals surface area contributed by atoms with Gasteiger partial charge in [0.05, 0.1) is 11.8 Å². The Morgan fingerprint density at radius 2 is 2.22 bits per heavy atom. The van der Waals surface area contributed by atoms with Crippen molar-refractivity contribution in [3.8, 4) is 11.4 Å². The zero-order valence-corrected chi connectivity index (χ0v) is 10.2. The second-order valence-electron chi connectivity index (χ2n) is 5.23. The van der Waals surface area contributed by atoms with Gasteiger partial charge in [0.15, 0.2) is 0 Å². The third-order valence-electron chi connectivity index (χ3n) is 4.14. The fourth-order valence-electron chi connectivity index (χ4n) is 3.18. The van der Waals surface area contributed by atoms with Gasteiger partial charge in [-0.3, -0.25) is 0 Å². The third kappa shape index (κ3) is 1.38. The van der Waals surface area contributed by atoms with Crippen LogP contribution in [-0.4, -0.2) is 10.1 Å². The summed E-state index contributed by atoms with van der Waals surface area (Å²) in [5.41, 5.74) is 0.920. The molecule has 0 radical (unpaired) electrons. The minimum Gasteiger partial charge on any atom is -0.469 e. The van der Waals surface area contributed by atoms with Gasteiger partial charge in [0.1, 0.15) is 5.76 Å². The van der Waals surface area contributed by atoms with Crippen LogP contribution in [0.15, 0.2) is 33.4 Å². The summed E-state index contributed by atoms with van der Waals surface area (Å²) in [4.78, 5) is 4.54. The number of rotatable bonds is 2. The van der Waals surface area contributed by atoms with Crippen molar-refractivity contribution in [2.75, 3.05) is 0 Å². The maximum absolute atomic E-state index is 5.44. The normalized spacial score (nSPS) is 29.3. The number of hydrogen-bond donors (Lipinski definition) is 0. The van der Waals surface area contributed by atoms with E-state index in [2.05, 4.69) is 22.3 Å². The lowest BCUT2D eigenvalue weighted by Gasteiger charge is -2.12. The summed E-state index contributed by atoms with van der Waals surface area (Å²) in [6, 6.07) is 1.88. The molecule has 4 nitrogen and oxygen atoms in total. The van der Waals surface area contributed by atoms with Crippen LogP contribution in [0.25, 0.3) is 11.4 Å². The molecule has 0 N–H and O–H groups in total. The molecule has 0 saturated heterocycles. The highest BCUT2D eigenvalue weighted by atomic mass is 16.5. The van der Waals surface area contributed by atoms with Crippen molar-refractivity contribution < 1.29 is 8.94 Å². The molecule has 2 aliphatic carbocycles. The van der Waals surface area contributed by atoms with Crippen LogP contribution in [-0.2, 0) is 0 Å². The minimum atomic E-state index is 0.411. The van der Waals surface area contributed by atoms with E-state index < -0.39 is 0 Å². The molecule has 0 spiro atoms. The van der Waals surface area contributed by atoms with E-state index in [1.807, 2.05) is 13.0 Å². The number of allylic oxidation sites excluding steroid dienone is 2. The van der Waals surface area contributed by atoms with E-state index in [4.69, 9.17) is 8.94 Å². The molecule has 1 fully saturated rings. The standard InChI is InChI=1S/C14H14N2O2/c1-8-11(4-5-17-8)13-15-14(18-16-13)12-7-9-2-3-10(12)6-9/h2-5,9-10,12H,6-7H2,1H3. The number of fused-ring (bicyclic) bond motifs is 2. The summed E-state index contributed by atoms with van der Waals surface area (Å²) < 4.78 is 10.7.